The number of hydrogen-bond acceptors (Lipinski definition) is 3. The van der Waals surface area contributed by atoms with Gasteiger partial charge in [-0.3, -0.25) is 14.2 Å². The van der Waals surface area contributed by atoms with Crippen molar-refractivity contribution >= 4 is 11.8 Å². The van der Waals surface area contributed by atoms with E-state index < -0.39 is 0 Å². The maximum Gasteiger partial charge on any atom is 0.272 e. The molecule has 2 aliphatic rings. The number of imidazole rings is 1. The van der Waals surface area contributed by atoms with E-state index in [4.69, 9.17) is 6.42 Å². The van der Waals surface area contributed by atoms with E-state index in [0.717, 1.165) is 17.8 Å². The molecule has 2 aliphatic heterocycles. The van der Waals surface area contributed by atoms with Gasteiger partial charge in [0, 0.05) is 6.54 Å². The molecule has 0 spiro atoms. The predicted molar refractivity (Wildman–Crippen MR) is 83.1 cm³/mol. The SMILES string of the molecule is C#CCNC(=O)c1ncn2c1[C@@H]1CCN1C(=O)c1ccccc1-2. The highest BCUT2D eigenvalue weighted by Crippen LogP contribution is 2.40. The largest absolute Gasteiger partial charge is 0.340 e. The monoisotopic (exact) mass is 306 g/mol. The van der Waals surface area contributed by atoms with Gasteiger partial charge in [-0.05, 0) is 18.6 Å². The maximum absolute atomic E-state index is 12.7. The van der Waals surface area contributed by atoms with E-state index in [-0.39, 0.29) is 24.4 Å². The number of nitrogens with zero attached hydrogens (tertiary/aromatic N) is 3. The summed E-state index contributed by atoms with van der Waals surface area (Å²) in [6.07, 6.45) is 7.62. The number of carbonyl (C=O) groups excluding carboxylic acids is 2. The standard InChI is InChI=1S/C17H14N4O2/c1-2-8-18-16(22)14-15-13-7-9-20(13)17(23)11-5-3-4-6-12(11)21(15)10-19-14/h1,3-6,10,13H,7-9H2,(H,18,22)/t13-/m0/s1. The number of amides is 2. The molecule has 1 atom stereocenters. The zero-order valence-corrected chi connectivity index (χ0v) is 12.3. The summed E-state index contributed by atoms with van der Waals surface area (Å²) in [7, 11) is 0. The third-order valence-electron chi connectivity index (χ3n) is 4.36. The average Bonchev–Trinajstić information content (AvgIpc) is 2.93. The van der Waals surface area contributed by atoms with Gasteiger partial charge in [0.2, 0.25) is 0 Å². The Bertz CT molecular complexity index is 862. The lowest BCUT2D eigenvalue weighted by Gasteiger charge is -2.39. The molecule has 0 radical (unpaired) electrons. The summed E-state index contributed by atoms with van der Waals surface area (Å²) >= 11 is 0. The Hall–Kier alpha value is -3.07. The zero-order valence-electron chi connectivity index (χ0n) is 12.3. The minimum atomic E-state index is -0.310. The number of benzene rings is 1. The predicted octanol–water partition coefficient (Wildman–Crippen LogP) is 1.14. The molecule has 0 bridgehead atoms. The van der Waals surface area contributed by atoms with Crippen LogP contribution in [0.15, 0.2) is 30.6 Å². The molecule has 1 fully saturated rings. The maximum atomic E-state index is 12.7. The molecule has 0 unspecified atom stereocenters. The molecule has 1 N–H and O–H groups in total. The van der Waals surface area contributed by atoms with Gasteiger partial charge in [0.25, 0.3) is 11.8 Å². The van der Waals surface area contributed by atoms with E-state index in [0.29, 0.717) is 17.8 Å². The lowest BCUT2D eigenvalue weighted by atomic mass is 9.97. The molecule has 1 aromatic carbocycles. The van der Waals surface area contributed by atoms with Gasteiger partial charge in [-0.25, -0.2) is 4.98 Å². The average molecular weight is 306 g/mol. The van der Waals surface area contributed by atoms with E-state index in [1.165, 1.54) is 0 Å². The van der Waals surface area contributed by atoms with E-state index in [2.05, 4.69) is 16.2 Å². The molecule has 0 saturated carbocycles. The van der Waals surface area contributed by atoms with Crippen molar-refractivity contribution in [1.82, 2.24) is 19.8 Å². The van der Waals surface area contributed by atoms with Crippen molar-refractivity contribution in [2.45, 2.75) is 12.5 Å². The fraction of sp³-hybridized carbons (Fsp3) is 0.235. The van der Waals surface area contributed by atoms with Gasteiger partial charge in [0.1, 0.15) is 6.33 Å². The van der Waals surface area contributed by atoms with Crippen LogP contribution in [-0.2, 0) is 0 Å². The minimum Gasteiger partial charge on any atom is -0.340 e. The number of aromatic nitrogens is 2. The fourth-order valence-corrected chi connectivity index (χ4v) is 3.19. The molecule has 6 nitrogen and oxygen atoms in total. The van der Waals surface area contributed by atoms with E-state index >= 15 is 0 Å². The molecule has 114 valence electrons. The summed E-state index contributed by atoms with van der Waals surface area (Å²) in [6.45, 7) is 0.837. The van der Waals surface area contributed by atoms with Gasteiger partial charge in [-0.2, -0.15) is 0 Å². The third kappa shape index (κ3) is 1.87. The number of hydrogen-bond donors (Lipinski definition) is 1. The van der Waals surface area contributed by atoms with Crippen LogP contribution in [0.1, 0.15) is 39.0 Å². The first-order valence-electron chi connectivity index (χ1n) is 7.41. The van der Waals surface area contributed by atoms with Crippen molar-refractivity contribution < 1.29 is 9.59 Å². The Labute approximate surface area is 133 Å². The van der Waals surface area contributed by atoms with Crippen LogP contribution >= 0.6 is 0 Å². The van der Waals surface area contributed by atoms with Gasteiger partial charge in [0.15, 0.2) is 5.69 Å². The first-order valence-corrected chi connectivity index (χ1v) is 7.41. The van der Waals surface area contributed by atoms with E-state index in [1.807, 2.05) is 22.8 Å². The summed E-state index contributed by atoms with van der Waals surface area (Å²) in [5, 5.41) is 2.65. The molecule has 23 heavy (non-hydrogen) atoms. The third-order valence-corrected chi connectivity index (χ3v) is 4.36. The molecule has 2 amide bonds. The fourth-order valence-electron chi connectivity index (χ4n) is 3.19. The second kappa shape index (κ2) is 4.99. The highest BCUT2D eigenvalue weighted by Gasteiger charge is 2.42. The molecule has 2 aromatic rings. The number of rotatable bonds is 2. The quantitative estimate of drug-likeness (QED) is 0.846. The van der Waals surface area contributed by atoms with E-state index in [1.54, 1.807) is 17.3 Å². The molecular weight excluding hydrogens is 292 g/mol. The van der Waals surface area contributed by atoms with Gasteiger partial charge in [-0.1, -0.05) is 18.1 Å². The molecule has 3 heterocycles. The molecule has 0 aliphatic carbocycles. The second-order valence-electron chi connectivity index (χ2n) is 5.56. The number of para-hydroxylation sites is 1. The van der Waals surface area contributed by atoms with Crippen LogP contribution in [0.4, 0.5) is 0 Å². The summed E-state index contributed by atoms with van der Waals surface area (Å²) < 4.78 is 1.85. The number of terminal acetylenes is 1. The van der Waals surface area contributed by atoms with Crippen molar-refractivity contribution in [2.24, 2.45) is 0 Å². The van der Waals surface area contributed by atoms with Gasteiger partial charge < -0.3 is 10.2 Å². The van der Waals surface area contributed by atoms with Crippen LogP contribution in [0.3, 0.4) is 0 Å². The summed E-state index contributed by atoms with van der Waals surface area (Å²) in [5.74, 6) is 2.06. The van der Waals surface area contributed by atoms with Gasteiger partial charge >= 0.3 is 0 Å². The molecule has 1 aromatic heterocycles. The van der Waals surface area contributed by atoms with E-state index in [9.17, 15) is 9.59 Å². The van der Waals surface area contributed by atoms with Crippen LogP contribution in [0.2, 0.25) is 0 Å². The molecule has 1 saturated heterocycles. The highest BCUT2D eigenvalue weighted by molar-refractivity contribution is 6.00. The molecule has 6 heteroatoms. The van der Waals surface area contributed by atoms with Crippen LogP contribution < -0.4 is 5.32 Å². The Morgan fingerprint density at radius 2 is 2.26 bits per heavy atom. The van der Waals surface area contributed by atoms with Crippen molar-refractivity contribution in [3.05, 3.63) is 47.5 Å². The van der Waals surface area contributed by atoms with Crippen LogP contribution in [-0.4, -0.2) is 39.4 Å². The molecule has 4 rings (SSSR count). The smallest absolute Gasteiger partial charge is 0.272 e. The normalized spacial score (nSPS) is 18.0. The topological polar surface area (TPSA) is 67.2 Å². The molecular formula is C17H14N4O2. The van der Waals surface area contributed by atoms with Crippen LogP contribution in [0.25, 0.3) is 5.69 Å². The number of nitrogens with one attached hydrogen (secondary N) is 1. The summed E-state index contributed by atoms with van der Waals surface area (Å²) in [4.78, 5) is 31.1. The zero-order chi connectivity index (χ0) is 16.0. The summed E-state index contributed by atoms with van der Waals surface area (Å²) in [5.41, 5.74) is 2.47. The van der Waals surface area contributed by atoms with Crippen LogP contribution in [0, 0.1) is 12.3 Å². The van der Waals surface area contributed by atoms with Crippen molar-refractivity contribution in [1.29, 1.82) is 0 Å². The second-order valence-corrected chi connectivity index (χ2v) is 5.56. The highest BCUT2D eigenvalue weighted by atomic mass is 16.2. The van der Waals surface area contributed by atoms with Crippen LogP contribution in [0.5, 0.6) is 0 Å². The lowest BCUT2D eigenvalue weighted by molar-refractivity contribution is 0.0456. The first-order chi connectivity index (χ1) is 11.2. The Morgan fingerprint density at radius 1 is 1.43 bits per heavy atom. The van der Waals surface area contributed by atoms with Gasteiger partial charge in [-0.15, -0.1) is 6.42 Å². The number of fused-ring (bicyclic) bond motifs is 5. The van der Waals surface area contributed by atoms with Crippen molar-refractivity contribution in [2.75, 3.05) is 13.1 Å². The Kier molecular flexibility index (Phi) is 2.95. The first kappa shape index (κ1) is 13.6. The van der Waals surface area contributed by atoms with Crippen molar-refractivity contribution in [3.8, 4) is 18.0 Å². The Balaban J connectivity index is 1.88. The summed E-state index contributed by atoms with van der Waals surface area (Å²) in [6, 6.07) is 7.27. The van der Waals surface area contributed by atoms with Gasteiger partial charge in [0.05, 0.1) is 29.5 Å². The van der Waals surface area contributed by atoms with Crippen molar-refractivity contribution in [3.63, 3.8) is 0 Å². The minimum absolute atomic E-state index is 0.00414. The number of carbonyl (C=O) groups is 2. The Morgan fingerprint density at radius 3 is 3.00 bits per heavy atom. The lowest BCUT2D eigenvalue weighted by Crippen LogP contribution is -2.45.